The monoisotopic (exact) mass is 144 g/mol. The lowest BCUT2D eigenvalue weighted by Gasteiger charge is -1.92. The molecule has 0 aliphatic rings. The largest absolute Gasteiger partial charge is 0.388 e. The van der Waals surface area contributed by atoms with Crippen LogP contribution in [0.3, 0.4) is 0 Å². The third-order valence-electron chi connectivity index (χ3n) is 1.15. The fourth-order valence-electron chi connectivity index (χ4n) is 0.650. The van der Waals surface area contributed by atoms with E-state index < -0.39 is 0 Å². The van der Waals surface area contributed by atoms with Crippen molar-refractivity contribution in [2.24, 2.45) is 0 Å². The first kappa shape index (κ1) is 7.11. The molecule has 52 valence electrons. The van der Waals surface area contributed by atoms with Crippen molar-refractivity contribution in [3.8, 4) is 18.1 Å². The summed E-state index contributed by atoms with van der Waals surface area (Å²) in [5.41, 5.74) is 0.551. The highest BCUT2D eigenvalue weighted by atomic mass is 16.5. The van der Waals surface area contributed by atoms with E-state index in [0.29, 0.717) is 11.3 Å². The molecule has 0 fully saturated rings. The Morgan fingerprint density at radius 2 is 1.73 bits per heavy atom. The van der Waals surface area contributed by atoms with Crippen molar-refractivity contribution in [2.75, 3.05) is 0 Å². The molecule has 1 aromatic carbocycles. The Morgan fingerprint density at radius 1 is 1.09 bits per heavy atom. The summed E-state index contributed by atoms with van der Waals surface area (Å²) < 4.78 is 4.50. The normalized spacial score (nSPS) is 7.82. The number of nitriles is 2. The predicted molar refractivity (Wildman–Crippen MR) is 37.4 cm³/mol. The number of hydrogen-bond donors (Lipinski definition) is 0. The van der Waals surface area contributed by atoms with Gasteiger partial charge in [0.15, 0.2) is 0 Å². The summed E-state index contributed by atoms with van der Waals surface area (Å²) in [6.07, 6.45) is 1.54. The Labute approximate surface area is 64.1 Å². The molecule has 0 aromatic heterocycles. The molecular formula is C8H4N2O. The fourth-order valence-corrected chi connectivity index (χ4v) is 0.650. The lowest BCUT2D eigenvalue weighted by molar-refractivity contribution is 0.507. The van der Waals surface area contributed by atoms with Gasteiger partial charge in [-0.3, -0.25) is 0 Å². The van der Waals surface area contributed by atoms with Gasteiger partial charge in [-0.1, -0.05) is 0 Å². The summed E-state index contributed by atoms with van der Waals surface area (Å²) in [7, 11) is 0. The van der Waals surface area contributed by atoms with Gasteiger partial charge in [0.1, 0.15) is 5.75 Å². The molecule has 0 radical (unpaired) electrons. The van der Waals surface area contributed by atoms with Crippen LogP contribution >= 0.6 is 0 Å². The average molecular weight is 144 g/mol. The summed E-state index contributed by atoms with van der Waals surface area (Å²) >= 11 is 0. The topological polar surface area (TPSA) is 56.8 Å². The number of nitrogens with zero attached hydrogens (tertiary/aromatic N) is 2. The van der Waals surface area contributed by atoms with Crippen molar-refractivity contribution in [3.63, 3.8) is 0 Å². The van der Waals surface area contributed by atoms with E-state index in [2.05, 4.69) is 4.74 Å². The molecule has 0 amide bonds. The number of hydrogen-bond acceptors (Lipinski definition) is 3. The van der Waals surface area contributed by atoms with Gasteiger partial charge < -0.3 is 4.74 Å². The first-order chi connectivity index (χ1) is 5.36. The Kier molecular flexibility index (Phi) is 2.09. The molecule has 1 aromatic rings. The highest BCUT2D eigenvalue weighted by molar-refractivity contribution is 5.34. The van der Waals surface area contributed by atoms with Crippen molar-refractivity contribution < 1.29 is 4.74 Å². The van der Waals surface area contributed by atoms with Crippen molar-refractivity contribution in [1.29, 1.82) is 10.5 Å². The summed E-state index contributed by atoms with van der Waals surface area (Å²) in [6, 6.07) is 8.28. The van der Waals surface area contributed by atoms with Crippen LogP contribution in [0, 0.1) is 22.8 Å². The molecule has 0 atom stereocenters. The van der Waals surface area contributed by atoms with E-state index in [1.807, 2.05) is 6.07 Å². The zero-order chi connectivity index (χ0) is 8.10. The van der Waals surface area contributed by atoms with E-state index in [9.17, 15) is 0 Å². The Morgan fingerprint density at radius 3 is 2.18 bits per heavy atom. The van der Waals surface area contributed by atoms with Crippen LogP contribution in [0.15, 0.2) is 24.3 Å². The number of rotatable bonds is 1. The minimum Gasteiger partial charge on any atom is -0.388 e. The van der Waals surface area contributed by atoms with Crippen LogP contribution in [0.4, 0.5) is 0 Å². The molecular weight excluding hydrogens is 140 g/mol. The molecule has 0 aliphatic carbocycles. The molecule has 0 heterocycles. The molecule has 3 nitrogen and oxygen atoms in total. The molecule has 0 saturated heterocycles. The van der Waals surface area contributed by atoms with Gasteiger partial charge in [-0.15, -0.1) is 5.26 Å². The molecule has 0 unspecified atom stereocenters. The summed E-state index contributed by atoms with van der Waals surface area (Å²) in [5, 5.41) is 16.5. The minimum absolute atomic E-state index is 0.450. The highest BCUT2D eigenvalue weighted by Crippen LogP contribution is 2.10. The van der Waals surface area contributed by atoms with E-state index >= 15 is 0 Å². The Bertz CT molecular complexity index is 315. The second-order valence-corrected chi connectivity index (χ2v) is 1.83. The van der Waals surface area contributed by atoms with E-state index in [4.69, 9.17) is 10.5 Å². The van der Waals surface area contributed by atoms with Gasteiger partial charge in [0.2, 0.25) is 0 Å². The Balaban J connectivity index is 2.87. The lowest BCUT2D eigenvalue weighted by Crippen LogP contribution is -1.80. The SMILES string of the molecule is N#COc1ccc(C#N)cc1. The van der Waals surface area contributed by atoms with Gasteiger partial charge in [-0.2, -0.15) is 5.26 Å². The quantitative estimate of drug-likeness (QED) is 0.560. The van der Waals surface area contributed by atoms with Crippen LogP contribution in [0.25, 0.3) is 0 Å². The molecule has 11 heavy (non-hydrogen) atoms. The molecule has 0 bridgehead atoms. The van der Waals surface area contributed by atoms with Crippen LogP contribution in [0.5, 0.6) is 5.75 Å². The smallest absolute Gasteiger partial charge is 0.292 e. The van der Waals surface area contributed by atoms with Gasteiger partial charge in [-0.05, 0) is 24.3 Å². The van der Waals surface area contributed by atoms with Crippen LogP contribution < -0.4 is 4.74 Å². The van der Waals surface area contributed by atoms with Crippen LogP contribution in [0.1, 0.15) is 5.56 Å². The second-order valence-electron chi connectivity index (χ2n) is 1.83. The second kappa shape index (κ2) is 3.24. The maximum absolute atomic E-state index is 8.40. The van der Waals surface area contributed by atoms with E-state index in [0.717, 1.165) is 0 Å². The number of benzene rings is 1. The van der Waals surface area contributed by atoms with Gasteiger partial charge in [0.25, 0.3) is 6.26 Å². The van der Waals surface area contributed by atoms with Crippen LogP contribution in [-0.4, -0.2) is 0 Å². The molecule has 0 saturated carbocycles. The zero-order valence-corrected chi connectivity index (χ0v) is 5.61. The van der Waals surface area contributed by atoms with Crippen molar-refractivity contribution in [2.45, 2.75) is 0 Å². The molecule has 0 aliphatic heterocycles. The standard InChI is InChI=1S/C8H4N2O/c9-5-7-1-3-8(4-2-7)11-6-10/h1-4H. The van der Waals surface area contributed by atoms with E-state index in [-0.39, 0.29) is 0 Å². The van der Waals surface area contributed by atoms with Crippen LogP contribution in [-0.2, 0) is 0 Å². The molecule has 1 rings (SSSR count). The molecule has 3 heteroatoms. The summed E-state index contributed by atoms with van der Waals surface area (Å²) in [5.74, 6) is 0.450. The van der Waals surface area contributed by atoms with Crippen molar-refractivity contribution in [3.05, 3.63) is 29.8 Å². The maximum atomic E-state index is 8.40. The van der Waals surface area contributed by atoms with Gasteiger partial charge in [0.05, 0.1) is 11.6 Å². The highest BCUT2D eigenvalue weighted by Gasteiger charge is 1.91. The van der Waals surface area contributed by atoms with Crippen molar-refractivity contribution in [1.82, 2.24) is 0 Å². The maximum Gasteiger partial charge on any atom is 0.292 e. The first-order valence-corrected chi connectivity index (χ1v) is 2.93. The fraction of sp³-hybridized carbons (Fsp3) is 0. The third kappa shape index (κ3) is 1.70. The minimum atomic E-state index is 0.450. The lowest BCUT2D eigenvalue weighted by atomic mass is 10.2. The van der Waals surface area contributed by atoms with Gasteiger partial charge in [-0.25, -0.2) is 0 Å². The summed E-state index contributed by atoms with van der Waals surface area (Å²) in [6.45, 7) is 0. The molecule has 0 spiro atoms. The number of ether oxygens (including phenoxy) is 1. The van der Waals surface area contributed by atoms with Gasteiger partial charge in [0, 0.05) is 0 Å². The van der Waals surface area contributed by atoms with Crippen LogP contribution in [0.2, 0.25) is 0 Å². The van der Waals surface area contributed by atoms with Crippen molar-refractivity contribution >= 4 is 0 Å². The molecule has 0 N–H and O–H groups in total. The van der Waals surface area contributed by atoms with Gasteiger partial charge >= 0.3 is 0 Å². The third-order valence-corrected chi connectivity index (χ3v) is 1.15. The average Bonchev–Trinajstić information content (AvgIpc) is 2.07. The van der Waals surface area contributed by atoms with E-state index in [1.165, 1.54) is 6.26 Å². The first-order valence-electron chi connectivity index (χ1n) is 2.93. The predicted octanol–water partition coefficient (Wildman–Crippen LogP) is 1.42. The zero-order valence-electron chi connectivity index (χ0n) is 5.61. The Hall–Kier alpha value is -2.00. The summed E-state index contributed by atoms with van der Waals surface area (Å²) in [4.78, 5) is 0. The van der Waals surface area contributed by atoms with E-state index in [1.54, 1.807) is 24.3 Å².